The number of aliphatic hydroxyl groups excluding tert-OH is 1. The molecule has 0 aromatic rings. The van der Waals surface area contributed by atoms with Crippen LogP contribution in [0.1, 0.15) is 53.9 Å². The summed E-state index contributed by atoms with van der Waals surface area (Å²) in [5.41, 5.74) is 0.0850. The van der Waals surface area contributed by atoms with Gasteiger partial charge >= 0.3 is 0 Å². The van der Waals surface area contributed by atoms with Crippen LogP contribution in [0.3, 0.4) is 0 Å². The lowest BCUT2D eigenvalue weighted by Gasteiger charge is -2.32. The Bertz CT molecular complexity index is 146. The van der Waals surface area contributed by atoms with E-state index in [-0.39, 0.29) is 5.41 Å². The van der Waals surface area contributed by atoms with Crippen LogP contribution in [-0.4, -0.2) is 24.3 Å². The molecule has 0 aliphatic rings. The molecule has 0 saturated carbocycles. The molecule has 2 unspecified atom stereocenters. The van der Waals surface area contributed by atoms with Gasteiger partial charge in [0.2, 0.25) is 0 Å². The van der Waals surface area contributed by atoms with Gasteiger partial charge in [0, 0.05) is 24.6 Å². The Labute approximate surface area is 95.5 Å². The smallest absolute Gasteiger partial charge is 0.0499 e. The van der Waals surface area contributed by atoms with E-state index in [1.165, 1.54) is 6.42 Å². The van der Waals surface area contributed by atoms with Gasteiger partial charge < -0.3 is 10.4 Å². The molecule has 0 aromatic carbocycles. The van der Waals surface area contributed by atoms with Crippen molar-refractivity contribution in [2.75, 3.05) is 13.2 Å². The van der Waals surface area contributed by atoms with E-state index in [1.807, 2.05) is 0 Å². The Hall–Kier alpha value is -0.0800. The van der Waals surface area contributed by atoms with Gasteiger partial charge in [-0.05, 0) is 25.7 Å². The fourth-order valence-corrected chi connectivity index (χ4v) is 1.71. The standard InChI is InChI=1S/C13H29NO/c1-6-11(4)12(5)14-9-13(7-2,8-3)10-15/h11-12,14-15H,6-10H2,1-5H3. The highest BCUT2D eigenvalue weighted by molar-refractivity contribution is 4.80. The molecule has 0 aliphatic carbocycles. The maximum absolute atomic E-state index is 9.45. The second-order valence-electron chi connectivity index (χ2n) is 4.92. The number of rotatable bonds is 8. The van der Waals surface area contributed by atoms with Crippen molar-refractivity contribution in [3.05, 3.63) is 0 Å². The first kappa shape index (κ1) is 14.9. The first-order chi connectivity index (χ1) is 7.05. The van der Waals surface area contributed by atoms with Crippen LogP contribution in [0.4, 0.5) is 0 Å². The summed E-state index contributed by atoms with van der Waals surface area (Å²) >= 11 is 0. The normalized spacial score (nSPS) is 16.4. The fourth-order valence-electron chi connectivity index (χ4n) is 1.71. The summed E-state index contributed by atoms with van der Waals surface area (Å²) < 4.78 is 0. The van der Waals surface area contributed by atoms with Crippen LogP contribution in [-0.2, 0) is 0 Å². The average Bonchev–Trinajstić information content (AvgIpc) is 2.30. The van der Waals surface area contributed by atoms with E-state index >= 15 is 0 Å². The molecule has 2 nitrogen and oxygen atoms in total. The zero-order chi connectivity index (χ0) is 11.9. The van der Waals surface area contributed by atoms with Crippen LogP contribution in [0.15, 0.2) is 0 Å². The van der Waals surface area contributed by atoms with Gasteiger partial charge in [0.1, 0.15) is 0 Å². The largest absolute Gasteiger partial charge is 0.396 e. The maximum Gasteiger partial charge on any atom is 0.0499 e. The van der Waals surface area contributed by atoms with Gasteiger partial charge in [-0.15, -0.1) is 0 Å². The lowest BCUT2D eigenvalue weighted by molar-refractivity contribution is 0.107. The van der Waals surface area contributed by atoms with E-state index in [9.17, 15) is 5.11 Å². The van der Waals surface area contributed by atoms with E-state index in [0.717, 1.165) is 19.4 Å². The molecule has 0 fully saturated rings. The SMILES string of the molecule is CCC(C)C(C)NCC(CC)(CC)CO. The fraction of sp³-hybridized carbons (Fsp3) is 1.00. The van der Waals surface area contributed by atoms with Gasteiger partial charge in [-0.2, -0.15) is 0 Å². The second kappa shape index (κ2) is 7.24. The molecule has 0 aromatic heterocycles. The van der Waals surface area contributed by atoms with Gasteiger partial charge in [0.15, 0.2) is 0 Å². The van der Waals surface area contributed by atoms with E-state index in [1.54, 1.807) is 0 Å². The Balaban J connectivity index is 4.10. The van der Waals surface area contributed by atoms with Crippen LogP contribution < -0.4 is 5.32 Å². The molecule has 0 rings (SSSR count). The molecule has 0 spiro atoms. The van der Waals surface area contributed by atoms with Crippen molar-refractivity contribution >= 4 is 0 Å². The molecule has 0 radical (unpaired) electrons. The van der Waals surface area contributed by atoms with E-state index in [4.69, 9.17) is 0 Å². The molecule has 15 heavy (non-hydrogen) atoms. The Morgan fingerprint density at radius 1 is 1.13 bits per heavy atom. The van der Waals surface area contributed by atoms with Crippen LogP contribution in [0.2, 0.25) is 0 Å². The third kappa shape index (κ3) is 4.52. The highest BCUT2D eigenvalue weighted by atomic mass is 16.3. The van der Waals surface area contributed by atoms with Gasteiger partial charge in [0.05, 0.1) is 0 Å². The second-order valence-corrected chi connectivity index (χ2v) is 4.92. The number of nitrogens with one attached hydrogen (secondary N) is 1. The molecular weight excluding hydrogens is 186 g/mol. The van der Waals surface area contributed by atoms with Crippen molar-refractivity contribution in [1.29, 1.82) is 0 Å². The van der Waals surface area contributed by atoms with Gasteiger partial charge in [-0.1, -0.05) is 34.1 Å². The lowest BCUT2D eigenvalue weighted by atomic mass is 9.82. The Morgan fingerprint density at radius 2 is 1.67 bits per heavy atom. The van der Waals surface area contributed by atoms with Crippen molar-refractivity contribution in [3.63, 3.8) is 0 Å². The predicted octanol–water partition coefficient (Wildman–Crippen LogP) is 2.81. The molecule has 0 amide bonds. The Kier molecular flexibility index (Phi) is 7.20. The molecule has 2 atom stereocenters. The quantitative estimate of drug-likeness (QED) is 0.652. The molecule has 0 bridgehead atoms. The third-order valence-electron chi connectivity index (χ3n) is 4.13. The number of hydrogen-bond acceptors (Lipinski definition) is 2. The van der Waals surface area contributed by atoms with Crippen LogP contribution in [0.5, 0.6) is 0 Å². The first-order valence-corrected chi connectivity index (χ1v) is 6.39. The Morgan fingerprint density at radius 3 is 2.00 bits per heavy atom. The number of hydrogen-bond donors (Lipinski definition) is 2. The minimum absolute atomic E-state index is 0.0850. The highest BCUT2D eigenvalue weighted by Crippen LogP contribution is 2.25. The molecule has 0 heterocycles. The third-order valence-corrected chi connectivity index (χ3v) is 4.13. The summed E-state index contributed by atoms with van der Waals surface area (Å²) in [6, 6.07) is 0.541. The van der Waals surface area contributed by atoms with Crippen LogP contribution in [0, 0.1) is 11.3 Å². The average molecular weight is 215 g/mol. The van der Waals surface area contributed by atoms with Gasteiger partial charge in [-0.3, -0.25) is 0 Å². The minimum Gasteiger partial charge on any atom is -0.396 e. The van der Waals surface area contributed by atoms with Crippen molar-refractivity contribution in [2.45, 2.75) is 59.9 Å². The van der Waals surface area contributed by atoms with Crippen LogP contribution >= 0.6 is 0 Å². The summed E-state index contributed by atoms with van der Waals surface area (Å²) in [4.78, 5) is 0. The summed E-state index contributed by atoms with van der Waals surface area (Å²) in [7, 11) is 0. The van der Waals surface area contributed by atoms with Crippen molar-refractivity contribution in [1.82, 2.24) is 5.32 Å². The maximum atomic E-state index is 9.45. The summed E-state index contributed by atoms with van der Waals surface area (Å²) in [5, 5.41) is 13.0. The molecule has 0 aliphatic heterocycles. The lowest BCUT2D eigenvalue weighted by Crippen LogP contribution is -2.42. The molecular formula is C13H29NO. The summed E-state index contributed by atoms with van der Waals surface area (Å²) in [6.07, 6.45) is 3.29. The highest BCUT2D eigenvalue weighted by Gasteiger charge is 2.25. The zero-order valence-corrected chi connectivity index (χ0v) is 11.1. The minimum atomic E-state index is 0.0850. The summed E-state index contributed by atoms with van der Waals surface area (Å²) in [6.45, 7) is 12.3. The molecule has 0 saturated heterocycles. The van der Waals surface area contributed by atoms with E-state index in [0.29, 0.717) is 18.6 Å². The number of aliphatic hydroxyl groups is 1. The zero-order valence-electron chi connectivity index (χ0n) is 11.1. The van der Waals surface area contributed by atoms with E-state index < -0.39 is 0 Å². The van der Waals surface area contributed by atoms with Crippen molar-refractivity contribution in [3.8, 4) is 0 Å². The predicted molar refractivity (Wildman–Crippen MR) is 67.0 cm³/mol. The summed E-state index contributed by atoms with van der Waals surface area (Å²) in [5.74, 6) is 0.704. The topological polar surface area (TPSA) is 32.3 Å². The molecule has 2 N–H and O–H groups in total. The first-order valence-electron chi connectivity index (χ1n) is 6.39. The van der Waals surface area contributed by atoms with E-state index in [2.05, 4.69) is 39.9 Å². The van der Waals surface area contributed by atoms with Crippen molar-refractivity contribution in [2.24, 2.45) is 11.3 Å². The molecule has 2 heteroatoms. The monoisotopic (exact) mass is 215 g/mol. The van der Waals surface area contributed by atoms with Gasteiger partial charge in [0.25, 0.3) is 0 Å². The van der Waals surface area contributed by atoms with Gasteiger partial charge in [-0.25, -0.2) is 0 Å². The van der Waals surface area contributed by atoms with Crippen molar-refractivity contribution < 1.29 is 5.11 Å². The van der Waals surface area contributed by atoms with Crippen LogP contribution in [0.25, 0.3) is 0 Å². The molecule has 92 valence electrons.